The number of aryl methyl sites for hydroxylation is 2. The molecular formula is C12H12FNO. The van der Waals surface area contributed by atoms with Crippen LogP contribution in [0.5, 0.6) is 0 Å². The van der Waals surface area contributed by atoms with E-state index in [0.29, 0.717) is 11.1 Å². The van der Waals surface area contributed by atoms with E-state index in [1.54, 1.807) is 0 Å². The quantitative estimate of drug-likeness (QED) is 0.775. The minimum Gasteiger partial charge on any atom is -0.392 e. The molecule has 0 saturated heterocycles. The van der Waals surface area contributed by atoms with Crippen LogP contribution < -0.4 is 0 Å². The number of hydrogen-bond acceptors (Lipinski definition) is 2. The van der Waals surface area contributed by atoms with Crippen LogP contribution in [0.3, 0.4) is 0 Å². The number of aliphatic hydroxyl groups excluding tert-OH is 1. The minimum absolute atomic E-state index is 0.190. The number of hydrogen-bond donors (Lipinski definition) is 1. The number of nitrogens with zero attached hydrogens (tertiary/aromatic N) is 1. The Morgan fingerprint density at radius 2 is 2.00 bits per heavy atom. The number of halogens is 1. The van der Waals surface area contributed by atoms with Crippen molar-refractivity contribution in [1.29, 1.82) is 0 Å². The predicted octanol–water partition coefficient (Wildman–Crippen LogP) is 2.48. The molecule has 0 unspecified atom stereocenters. The molecule has 0 aliphatic heterocycles. The Kier molecular flexibility index (Phi) is 2.40. The third kappa shape index (κ3) is 1.70. The molecule has 3 heteroatoms. The highest BCUT2D eigenvalue weighted by atomic mass is 19.1. The summed E-state index contributed by atoms with van der Waals surface area (Å²) in [7, 11) is 0. The first-order chi connectivity index (χ1) is 7.11. The molecule has 0 aliphatic carbocycles. The Morgan fingerprint density at radius 1 is 1.27 bits per heavy atom. The second-order valence-electron chi connectivity index (χ2n) is 3.70. The van der Waals surface area contributed by atoms with E-state index >= 15 is 0 Å². The average Bonchev–Trinajstić information content (AvgIpc) is 2.18. The van der Waals surface area contributed by atoms with Crippen molar-refractivity contribution in [2.45, 2.75) is 20.5 Å². The van der Waals surface area contributed by atoms with Gasteiger partial charge in [-0.3, -0.25) is 4.98 Å². The van der Waals surface area contributed by atoms with E-state index in [1.165, 1.54) is 12.1 Å². The third-order valence-corrected chi connectivity index (χ3v) is 2.46. The lowest BCUT2D eigenvalue weighted by atomic mass is 10.0. The summed E-state index contributed by atoms with van der Waals surface area (Å²) in [5.41, 5.74) is 3.08. The molecular weight excluding hydrogens is 193 g/mol. The Hall–Kier alpha value is -1.48. The summed E-state index contributed by atoms with van der Waals surface area (Å²) < 4.78 is 13.2. The van der Waals surface area contributed by atoms with Crippen molar-refractivity contribution >= 4 is 10.9 Å². The van der Waals surface area contributed by atoms with Gasteiger partial charge in [0.15, 0.2) is 0 Å². The van der Waals surface area contributed by atoms with Gasteiger partial charge in [0, 0.05) is 16.6 Å². The van der Waals surface area contributed by atoms with E-state index in [9.17, 15) is 4.39 Å². The highest BCUT2D eigenvalue weighted by molar-refractivity contribution is 5.85. The van der Waals surface area contributed by atoms with Crippen LogP contribution in [0.2, 0.25) is 0 Å². The van der Waals surface area contributed by atoms with Gasteiger partial charge in [-0.25, -0.2) is 4.39 Å². The first kappa shape index (κ1) is 10.1. The van der Waals surface area contributed by atoms with E-state index < -0.39 is 0 Å². The van der Waals surface area contributed by atoms with Crippen LogP contribution in [0.25, 0.3) is 10.9 Å². The molecule has 0 bridgehead atoms. The van der Waals surface area contributed by atoms with Gasteiger partial charge in [0.25, 0.3) is 0 Å². The van der Waals surface area contributed by atoms with Crippen molar-refractivity contribution in [2.24, 2.45) is 0 Å². The van der Waals surface area contributed by atoms with Crippen molar-refractivity contribution in [2.75, 3.05) is 0 Å². The topological polar surface area (TPSA) is 33.1 Å². The lowest BCUT2D eigenvalue weighted by molar-refractivity contribution is 0.282. The summed E-state index contributed by atoms with van der Waals surface area (Å²) in [5, 5.41) is 9.90. The molecule has 78 valence electrons. The monoisotopic (exact) mass is 205 g/mol. The Morgan fingerprint density at radius 3 is 2.67 bits per heavy atom. The van der Waals surface area contributed by atoms with Gasteiger partial charge >= 0.3 is 0 Å². The fourth-order valence-electron chi connectivity index (χ4n) is 1.81. The van der Waals surface area contributed by atoms with Crippen LogP contribution in [0.4, 0.5) is 4.39 Å². The summed E-state index contributed by atoms with van der Waals surface area (Å²) >= 11 is 0. The van der Waals surface area contributed by atoms with Gasteiger partial charge in [0.2, 0.25) is 0 Å². The van der Waals surface area contributed by atoms with Crippen LogP contribution in [0.1, 0.15) is 16.8 Å². The van der Waals surface area contributed by atoms with Crippen LogP contribution in [0.15, 0.2) is 18.2 Å². The maximum Gasteiger partial charge on any atom is 0.124 e. The largest absolute Gasteiger partial charge is 0.392 e. The summed E-state index contributed by atoms with van der Waals surface area (Å²) in [6, 6.07) is 4.69. The molecule has 0 saturated carbocycles. The molecule has 0 radical (unpaired) electrons. The maximum atomic E-state index is 13.2. The highest BCUT2D eigenvalue weighted by Crippen LogP contribution is 2.22. The van der Waals surface area contributed by atoms with Gasteiger partial charge in [0.1, 0.15) is 5.82 Å². The standard InChI is InChI=1S/C12H12FNO/c1-7-3-8(2)14-12-9(6-15)4-10(13)5-11(7)12/h3-5,15H,6H2,1-2H3. The van der Waals surface area contributed by atoms with Crippen molar-refractivity contribution < 1.29 is 9.50 Å². The van der Waals surface area contributed by atoms with E-state index in [0.717, 1.165) is 16.6 Å². The zero-order chi connectivity index (χ0) is 11.0. The zero-order valence-electron chi connectivity index (χ0n) is 8.71. The van der Waals surface area contributed by atoms with Crippen LogP contribution in [-0.2, 0) is 6.61 Å². The molecule has 1 aromatic heterocycles. The maximum absolute atomic E-state index is 13.2. The highest BCUT2D eigenvalue weighted by Gasteiger charge is 2.07. The fourth-order valence-corrected chi connectivity index (χ4v) is 1.81. The molecule has 1 N–H and O–H groups in total. The first-order valence-corrected chi connectivity index (χ1v) is 4.79. The molecule has 1 aromatic carbocycles. The van der Waals surface area contributed by atoms with E-state index in [-0.39, 0.29) is 12.4 Å². The molecule has 0 spiro atoms. The summed E-state index contributed by atoms with van der Waals surface area (Å²) in [5.74, 6) is -0.333. The van der Waals surface area contributed by atoms with Gasteiger partial charge < -0.3 is 5.11 Å². The normalized spacial score (nSPS) is 10.9. The van der Waals surface area contributed by atoms with Gasteiger partial charge in [-0.05, 0) is 37.6 Å². The molecule has 15 heavy (non-hydrogen) atoms. The van der Waals surface area contributed by atoms with Gasteiger partial charge in [-0.1, -0.05) is 0 Å². The molecule has 0 aliphatic rings. The van der Waals surface area contributed by atoms with Gasteiger partial charge in [-0.2, -0.15) is 0 Å². The second kappa shape index (κ2) is 3.59. The number of fused-ring (bicyclic) bond motifs is 1. The van der Waals surface area contributed by atoms with E-state index in [1.807, 2.05) is 19.9 Å². The number of benzene rings is 1. The van der Waals surface area contributed by atoms with Gasteiger partial charge in [0.05, 0.1) is 12.1 Å². The first-order valence-electron chi connectivity index (χ1n) is 4.79. The Bertz CT molecular complexity index is 523. The van der Waals surface area contributed by atoms with E-state index in [4.69, 9.17) is 5.11 Å². The van der Waals surface area contributed by atoms with Gasteiger partial charge in [-0.15, -0.1) is 0 Å². The van der Waals surface area contributed by atoms with Crippen molar-refractivity contribution in [3.05, 3.63) is 40.8 Å². The number of rotatable bonds is 1. The number of aliphatic hydroxyl groups is 1. The van der Waals surface area contributed by atoms with Crippen LogP contribution in [0, 0.1) is 19.7 Å². The molecule has 2 rings (SSSR count). The molecule has 0 atom stereocenters. The molecule has 2 nitrogen and oxygen atoms in total. The average molecular weight is 205 g/mol. The summed E-state index contributed by atoms with van der Waals surface area (Å²) in [4.78, 5) is 4.32. The second-order valence-corrected chi connectivity index (χ2v) is 3.70. The van der Waals surface area contributed by atoms with Crippen molar-refractivity contribution in [3.8, 4) is 0 Å². The minimum atomic E-state index is -0.333. The zero-order valence-corrected chi connectivity index (χ0v) is 8.71. The fraction of sp³-hybridized carbons (Fsp3) is 0.250. The molecule has 2 aromatic rings. The van der Waals surface area contributed by atoms with Crippen molar-refractivity contribution in [1.82, 2.24) is 4.98 Å². The third-order valence-electron chi connectivity index (χ3n) is 2.46. The molecule has 1 heterocycles. The van der Waals surface area contributed by atoms with Crippen molar-refractivity contribution in [3.63, 3.8) is 0 Å². The Balaban J connectivity index is 2.89. The number of aromatic nitrogens is 1. The predicted molar refractivity (Wildman–Crippen MR) is 57.1 cm³/mol. The lowest BCUT2D eigenvalue weighted by Crippen LogP contribution is -1.95. The number of pyridine rings is 1. The lowest BCUT2D eigenvalue weighted by Gasteiger charge is -2.07. The smallest absolute Gasteiger partial charge is 0.124 e. The van der Waals surface area contributed by atoms with Crippen LogP contribution >= 0.6 is 0 Å². The molecule has 0 amide bonds. The molecule has 0 fully saturated rings. The SMILES string of the molecule is Cc1cc(C)c2cc(F)cc(CO)c2n1. The Labute approximate surface area is 87.4 Å². The summed E-state index contributed by atoms with van der Waals surface area (Å²) in [6.07, 6.45) is 0. The van der Waals surface area contributed by atoms with E-state index in [2.05, 4.69) is 4.98 Å². The summed E-state index contributed by atoms with van der Waals surface area (Å²) in [6.45, 7) is 3.61. The van der Waals surface area contributed by atoms with Crippen LogP contribution in [-0.4, -0.2) is 10.1 Å².